The summed E-state index contributed by atoms with van der Waals surface area (Å²) in [6.45, 7) is 2.23. The van der Waals surface area contributed by atoms with Gasteiger partial charge < -0.3 is 10.6 Å². The topological polar surface area (TPSA) is 88.3 Å². The third kappa shape index (κ3) is 3.65. The first-order valence-electron chi connectivity index (χ1n) is 5.21. The molecule has 0 aromatic carbocycles. The van der Waals surface area contributed by atoms with E-state index in [1.54, 1.807) is 6.07 Å². The van der Waals surface area contributed by atoms with Gasteiger partial charge in [-0.25, -0.2) is 18.1 Å². The Balaban J connectivity index is 2.80. The molecule has 7 heteroatoms. The number of sulfonamides is 1. The lowest BCUT2D eigenvalue weighted by molar-refractivity contribution is 0.314. The molecule has 0 bridgehead atoms. The Morgan fingerprint density at radius 1 is 1.53 bits per heavy atom. The molecule has 6 nitrogen and oxygen atoms in total. The average Bonchev–Trinajstić information content (AvgIpc) is 2.26. The van der Waals surface area contributed by atoms with Crippen LogP contribution < -0.4 is 10.5 Å². The van der Waals surface area contributed by atoms with Crippen molar-refractivity contribution < 1.29 is 8.42 Å². The summed E-state index contributed by atoms with van der Waals surface area (Å²) in [6, 6.07) is 3.20. The Hall–Kier alpha value is -1.18. The highest BCUT2D eigenvalue weighted by Gasteiger charge is 2.19. The summed E-state index contributed by atoms with van der Waals surface area (Å²) >= 11 is 0. The number of anilines is 1. The van der Waals surface area contributed by atoms with E-state index < -0.39 is 10.0 Å². The first-order chi connectivity index (χ1) is 7.84. The molecule has 0 saturated heterocycles. The van der Waals surface area contributed by atoms with Crippen molar-refractivity contribution >= 4 is 15.7 Å². The number of rotatable bonds is 5. The van der Waals surface area contributed by atoms with Crippen LogP contribution in [0.2, 0.25) is 0 Å². The normalized spacial score (nSPS) is 13.9. The smallest absolute Gasteiger partial charge is 0.260 e. The van der Waals surface area contributed by atoms with Gasteiger partial charge in [0.1, 0.15) is 0 Å². The number of pyridine rings is 1. The van der Waals surface area contributed by atoms with Crippen LogP contribution in [0.15, 0.2) is 23.4 Å². The van der Waals surface area contributed by atoms with E-state index in [9.17, 15) is 8.42 Å². The number of hydrogen-bond acceptors (Lipinski definition) is 5. The number of hydrogen-bond donors (Lipinski definition) is 2. The van der Waals surface area contributed by atoms with Gasteiger partial charge in [0.25, 0.3) is 10.0 Å². The van der Waals surface area contributed by atoms with Crippen LogP contribution in [0.5, 0.6) is 0 Å². The van der Waals surface area contributed by atoms with E-state index in [4.69, 9.17) is 5.73 Å². The summed E-state index contributed by atoms with van der Waals surface area (Å²) in [5.74, 6) is 0. The molecule has 1 rings (SSSR count). The molecule has 96 valence electrons. The fraction of sp³-hybridized carbons (Fsp3) is 0.500. The number of nitrogens with zero attached hydrogens (tertiary/aromatic N) is 2. The quantitative estimate of drug-likeness (QED) is 0.769. The first kappa shape index (κ1) is 13.9. The van der Waals surface area contributed by atoms with Crippen molar-refractivity contribution in [3.05, 3.63) is 18.3 Å². The van der Waals surface area contributed by atoms with Gasteiger partial charge in [0, 0.05) is 18.8 Å². The molecule has 1 aromatic rings. The number of nitrogens with two attached hydrogens (primary N) is 1. The van der Waals surface area contributed by atoms with Crippen molar-refractivity contribution in [2.75, 3.05) is 26.4 Å². The van der Waals surface area contributed by atoms with Gasteiger partial charge in [-0.1, -0.05) is 0 Å². The van der Waals surface area contributed by atoms with Crippen LogP contribution in [-0.4, -0.2) is 45.0 Å². The molecule has 0 radical (unpaired) electrons. The molecule has 0 saturated carbocycles. The molecular formula is C10H18N4O2S. The fourth-order valence-corrected chi connectivity index (χ4v) is 2.28. The third-order valence-corrected chi connectivity index (χ3v) is 3.90. The van der Waals surface area contributed by atoms with Gasteiger partial charge in [0.2, 0.25) is 0 Å². The Morgan fingerprint density at radius 2 is 2.18 bits per heavy atom. The summed E-state index contributed by atoms with van der Waals surface area (Å²) in [7, 11) is 0.134. The molecule has 0 aliphatic rings. The average molecular weight is 258 g/mol. The van der Waals surface area contributed by atoms with Crippen LogP contribution in [0.4, 0.5) is 5.69 Å². The number of aromatic nitrogens is 1. The molecule has 1 heterocycles. The second-order valence-electron chi connectivity index (χ2n) is 4.06. The molecule has 17 heavy (non-hydrogen) atoms. The lowest BCUT2D eigenvalue weighted by Gasteiger charge is -2.19. The Morgan fingerprint density at radius 3 is 2.71 bits per heavy atom. The lowest BCUT2D eigenvalue weighted by Crippen LogP contribution is -2.38. The highest BCUT2D eigenvalue weighted by atomic mass is 32.2. The molecule has 0 fully saturated rings. The van der Waals surface area contributed by atoms with Crippen LogP contribution in [0.25, 0.3) is 0 Å². The SMILES string of the molecule is CC(CNS(=O)(=O)c1ncccc1N)N(C)C. The monoisotopic (exact) mass is 258 g/mol. The maximum absolute atomic E-state index is 11.9. The second-order valence-corrected chi connectivity index (χ2v) is 5.74. The van der Waals surface area contributed by atoms with E-state index in [-0.39, 0.29) is 16.8 Å². The van der Waals surface area contributed by atoms with Crippen molar-refractivity contribution in [1.29, 1.82) is 0 Å². The van der Waals surface area contributed by atoms with E-state index in [0.717, 1.165) is 0 Å². The summed E-state index contributed by atoms with van der Waals surface area (Å²) in [6.07, 6.45) is 1.40. The molecule has 0 spiro atoms. The fourth-order valence-electron chi connectivity index (χ4n) is 1.11. The predicted octanol–water partition coefficient (Wildman–Crippen LogP) is -0.108. The van der Waals surface area contributed by atoms with E-state index in [0.29, 0.717) is 6.54 Å². The molecule has 0 aliphatic heterocycles. The van der Waals surface area contributed by atoms with Crippen LogP contribution in [0.1, 0.15) is 6.92 Å². The minimum Gasteiger partial charge on any atom is -0.396 e. The Kier molecular flexibility index (Phi) is 4.44. The van der Waals surface area contributed by atoms with Crippen LogP contribution in [0.3, 0.4) is 0 Å². The van der Waals surface area contributed by atoms with Crippen LogP contribution >= 0.6 is 0 Å². The van der Waals surface area contributed by atoms with Crippen molar-refractivity contribution in [3.8, 4) is 0 Å². The molecule has 1 unspecified atom stereocenters. The number of likely N-dealkylation sites (N-methyl/N-ethyl adjacent to an activating group) is 1. The standard InChI is InChI=1S/C10H18N4O2S/c1-8(14(2)3)7-13-17(15,16)10-9(11)5-4-6-12-10/h4-6,8,13H,7,11H2,1-3H3. The number of nitrogen functional groups attached to an aromatic ring is 1. The van der Waals surface area contributed by atoms with Gasteiger partial charge in [-0.05, 0) is 33.2 Å². The van der Waals surface area contributed by atoms with E-state index in [1.807, 2.05) is 25.9 Å². The highest BCUT2D eigenvalue weighted by Crippen LogP contribution is 2.13. The largest absolute Gasteiger partial charge is 0.396 e. The zero-order valence-electron chi connectivity index (χ0n) is 10.2. The van der Waals surface area contributed by atoms with E-state index in [1.165, 1.54) is 12.3 Å². The van der Waals surface area contributed by atoms with Gasteiger partial charge in [-0.15, -0.1) is 0 Å². The zero-order chi connectivity index (χ0) is 13.1. The Labute approximate surface area is 102 Å². The van der Waals surface area contributed by atoms with Gasteiger partial charge >= 0.3 is 0 Å². The molecule has 0 aliphatic carbocycles. The van der Waals surface area contributed by atoms with Gasteiger partial charge in [-0.2, -0.15) is 0 Å². The molecular weight excluding hydrogens is 240 g/mol. The maximum Gasteiger partial charge on any atom is 0.260 e. The van der Waals surface area contributed by atoms with Gasteiger partial charge in [0.15, 0.2) is 5.03 Å². The molecule has 1 atom stereocenters. The van der Waals surface area contributed by atoms with E-state index in [2.05, 4.69) is 9.71 Å². The summed E-state index contributed by atoms with van der Waals surface area (Å²) in [5, 5.41) is -0.119. The van der Waals surface area contributed by atoms with Crippen molar-refractivity contribution in [2.24, 2.45) is 0 Å². The minimum absolute atomic E-state index is 0.0923. The maximum atomic E-state index is 11.9. The van der Waals surface area contributed by atoms with E-state index >= 15 is 0 Å². The van der Waals surface area contributed by atoms with Crippen LogP contribution in [-0.2, 0) is 10.0 Å². The molecule has 0 amide bonds. The summed E-state index contributed by atoms with van der Waals surface area (Å²) in [5.41, 5.74) is 5.73. The van der Waals surface area contributed by atoms with Crippen molar-refractivity contribution in [2.45, 2.75) is 18.0 Å². The first-order valence-corrected chi connectivity index (χ1v) is 6.69. The predicted molar refractivity (Wildman–Crippen MR) is 67.0 cm³/mol. The van der Waals surface area contributed by atoms with Gasteiger partial charge in [0.05, 0.1) is 5.69 Å². The summed E-state index contributed by atoms with van der Waals surface area (Å²) < 4.78 is 26.3. The molecule has 3 N–H and O–H groups in total. The summed E-state index contributed by atoms with van der Waals surface area (Å²) in [4.78, 5) is 5.70. The number of nitrogens with one attached hydrogen (secondary N) is 1. The third-order valence-electron chi connectivity index (χ3n) is 2.51. The zero-order valence-corrected chi connectivity index (χ0v) is 11.0. The second kappa shape index (κ2) is 5.44. The van der Waals surface area contributed by atoms with Gasteiger partial charge in [-0.3, -0.25) is 0 Å². The minimum atomic E-state index is -3.63. The Bertz CT molecular complexity index is 473. The van der Waals surface area contributed by atoms with Crippen molar-refractivity contribution in [3.63, 3.8) is 0 Å². The lowest BCUT2D eigenvalue weighted by atomic mass is 10.3. The molecule has 1 aromatic heterocycles. The highest BCUT2D eigenvalue weighted by molar-refractivity contribution is 7.89. The van der Waals surface area contributed by atoms with Crippen LogP contribution in [0, 0.1) is 0 Å². The van der Waals surface area contributed by atoms with Crippen molar-refractivity contribution in [1.82, 2.24) is 14.6 Å².